The van der Waals surface area contributed by atoms with Crippen LogP contribution in [-0.2, 0) is 12.8 Å². The normalized spacial score (nSPS) is 16.8. The molecule has 0 heterocycles. The molecule has 1 fully saturated rings. The summed E-state index contributed by atoms with van der Waals surface area (Å²) in [5.74, 6) is 1.24. The lowest BCUT2D eigenvalue weighted by molar-refractivity contribution is 0.0389. The van der Waals surface area contributed by atoms with E-state index in [1.807, 2.05) is 19.1 Å². The SMILES string of the molecule is CC[C@H](Cc1ccc(O)c(OC2CCCCC2)c1)[C@H](O)C[C@@H](O)CCc1cc(OC)c(O)c(OC)c1. The Kier molecular flexibility index (Phi) is 10.6. The highest BCUT2D eigenvalue weighted by atomic mass is 16.5. The molecule has 3 rings (SSSR count). The summed E-state index contributed by atoms with van der Waals surface area (Å²) in [4.78, 5) is 0. The molecule has 200 valence electrons. The number of benzene rings is 2. The molecule has 0 spiro atoms. The van der Waals surface area contributed by atoms with E-state index in [4.69, 9.17) is 14.2 Å². The number of aliphatic hydroxyl groups is 2. The molecule has 0 aromatic heterocycles. The van der Waals surface area contributed by atoms with Gasteiger partial charge >= 0.3 is 0 Å². The van der Waals surface area contributed by atoms with Crippen molar-refractivity contribution in [3.8, 4) is 28.7 Å². The van der Waals surface area contributed by atoms with Crippen LogP contribution in [0, 0.1) is 5.92 Å². The summed E-state index contributed by atoms with van der Waals surface area (Å²) in [5.41, 5.74) is 1.87. The van der Waals surface area contributed by atoms with Gasteiger partial charge in [-0.05, 0) is 92.7 Å². The van der Waals surface area contributed by atoms with E-state index < -0.39 is 12.2 Å². The highest BCUT2D eigenvalue weighted by molar-refractivity contribution is 5.52. The molecule has 0 saturated heterocycles. The molecule has 1 saturated carbocycles. The zero-order valence-corrected chi connectivity index (χ0v) is 21.8. The van der Waals surface area contributed by atoms with E-state index in [2.05, 4.69) is 0 Å². The van der Waals surface area contributed by atoms with Crippen LogP contribution < -0.4 is 14.2 Å². The van der Waals surface area contributed by atoms with Gasteiger partial charge in [0.2, 0.25) is 5.75 Å². The summed E-state index contributed by atoms with van der Waals surface area (Å²) in [5, 5.41) is 41.9. The number of aliphatic hydroxyl groups excluding tert-OH is 2. The molecule has 2 aromatic rings. The van der Waals surface area contributed by atoms with Crippen LogP contribution in [-0.4, -0.2) is 53.0 Å². The number of rotatable bonds is 13. The number of phenols is 2. The summed E-state index contributed by atoms with van der Waals surface area (Å²) < 4.78 is 16.5. The topological polar surface area (TPSA) is 109 Å². The van der Waals surface area contributed by atoms with Gasteiger partial charge in [-0.15, -0.1) is 0 Å². The first-order valence-corrected chi connectivity index (χ1v) is 13.1. The van der Waals surface area contributed by atoms with Gasteiger partial charge < -0.3 is 34.6 Å². The lowest BCUT2D eigenvalue weighted by Crippen LogP contribution is -2.27. The maximum Gasteiger partial charge on any atom is 0.200 e. The van der Waals surface area contributed by atoms with Crippen LogP contribution in [0.3, 0.4) is 0 Å². The Labute approximate surface area is 214 Å². The summed E-state index contributed by atoms with van der Waals surface area (Å²) in [6.07, 6.45) is 7.09. The zero-order valence-electron chi connectivity index (χ0n) is 21.8. The predicted molar refractivity (Wildman–Crippen MR) is 139 cm³/mol. The number of ether oxygens (including phenoxy) is 3. The fourth-order valence-corrected chi connectivity index (χ4v) is 5.01. The minimum Gasteiger partial charge on any atom is -0.504 e. The van der Waals surface area contributed by atoms with E-state index >= 15 is 0 Å². The number of aromatic hydroxyl groups is 2. The van der Waals surface area contributed by atoms with Crippen molar-refractivity contribution >= 4 is 0 Å². The fourth-order valence-electron chi connectivity index (χ4n) is 5.01. The smallest absolute Gasteiger partial charge is 0.200 e. The van der Waals surface area contributed by atoms with Gasteiger partial charge in [-0.1, -0.05) is 25.8 Å². The van der Waals surface area contributed by atoms with Gasteiger partial charge in [-0.3, -0.25) is 0 Å². The first-order valence-electron chi connectivity index (χ1n) is 13.1. The van der Waals surface area contributed by atoms with Crippen LogP contribution >= 0.6 is 0 Å². The van der Waals surface area contributed by atoms with Gasteiger partial charge in [0, 0.05) is 0 Å². The van der Waals surface area contributed by atoms with Crippen molar-refractivity contribution in [3.05, 3.63) is 41.5 Å². The predicted octanol–water partition coefficient (Wildman–Crippen LogP) is 5.14. The maximum absolute atomic E-state index is 10.9. The molecule has 7 nitrogen and oxygen atoms in total. The molecular formula is C29H42O7. The van der Waals surface area contributed by atoms with Crippen LogP contribution in [0.5, 0.6) is 28.7 Å². The highest BCUT2D eigenvalue weighted by Crippen LogP contribution is 2.37. The second kappa shape index (κ2) is 13.6. The molecule has 0 bridgehead atoms. The lowest BCUT2D eigenvalue weighted by Gasteiger charge is -2.25. The second-order valence-corrected chi connectivity index (χ2v) is 9.90. The van der Waals surface area contributed by atoms with Crippen molar-refractivity contribution in [3.63, 3.8) is 0 Å². The first kappa shape index (κ1) is 27.9. The molecule has 0 aliphatic heterocycles. The Balaban J connectivity index is 1.56. The molecule has 0 unspecified atom stereocenters. The molecule has 7 heteroatoms. The largest absolute Gasteiger partial charge is 0.504 e. The van der Waals surface area contributed by atoms with Gasteiger partial charge in [0.05, 0.1) is 32.5 Å². The van der Waals surface area contributed by atoms with E-state index in [1.165, 1.54) is 20.6 Å². The van der Waals surface area contributed by atoms with Crippen molar-refractivity contribution in [1.29, 1.82) is 0 Å². The Morgan fingerprint density at radius 2 is 1.53 bits per heavy atom. The minimum atomic E-state index is -0.676. The molecule has 2 aromatic carbocycles. The van der Waals surface area contributed by atoms with Gasteiger partial charge in [0.15, 0.2) is 23.0 Å². The van der Waals surface area contributed by atoms with E-state index in [0.717, 1.165) is 43.2 Å². The van der Waals surface area contributed by atoms with Crippen molar-refractivity contribution in [2.75, 3.05) is 14.2 Å². The molecule has 4 N–H and O–H groups in total. The molecular weight excluding hydrogens is 460 g/mol. The van der Waals surface area contributed by atoms with Gasteiger partial charge in [0.25, 0.3) is 0 Å². The quantitative estimate of drug-likeness (QED) is 0.300. The Hall–Kier alpha value is -2.64. The van der Waals surface area contributed by atoms with Crippen molar-refractivity contribution in [1.82, 2.24) is 0 Å². The van der Waals surface area contributed by atoms with Crippen LogP contribution in [0.1, 0.15) is 69.4 Å². The summed E-state index contributed by atoms with van der Waals surface area (Å²) in [6.45, 7) is 2.04. The van der Waals surface area contributed by atoms with E-state index in [0.29, 0.717) is 36.5 Å². The molecule has 1 aliphatic carbocycles. The van der Waals surface area contributed by atoms with E-state index in [1.54, 1.807) is 18.2 Å². The van der Waals surface area contributed by atoms with Crippen LogP contribution in [0.25, 0.3) is 0 Å². The van der Waals surface area contributed by atoms with Crippen LogP contribution in [0.2, 0.25) is 0 Å². The lowest BCUT2D eigenvalue weighted by atomic mass is 9.88. The Bertz CT molecular complexity index is 930. The van der Waals surface area contributed by atoms with Crippen LogP contribution in [0.15, 0.2) is 30.3 Å². The van der Waals surface area contributed by atoms with E-state index in [-0.39, 0.29) is 29.9 Å². The van der Waals surface area contributed by atoms with Crippen molar-refractivity contribution < 1.29 is 34.6 Å². The van der Waals surface area contributed by atoms with Crippen molar-refractivity contribution in [2.45, 2.75) is 89.4 Å². The molecule has 1 aliphatic rings. The van der Waals surface area contributed by atoms with Gasteiger partial charge in [-0.2, -0.15) is 0 Å². The molecule has 3 atom stereocenters. The minimum absolute atomic E-state index is 0.0272. The fraction of sp³-hybridized carbons (Fsp3) is 0.586. The Morgan fingerprint density at radius 3 is 2.14 bits per heavy atom. The monoisotopic (exact) mass is 502 g/mol. The third kappa shape index (κ3) is 7.68. The summed E-state index contributed by atoms with van der Waals surface area (Å²) >= 11 is 0. The standard InChI is InChI=1S/C29H42O7/c1-4-21(14-19-11-13-24(31)26(15-19)36-23-8-6-5-7-9-23)25(32)18-22(30)12-10-20-16-27(34-2)29(33)28(17-20)35-3/h11,13,15-17,21-23,25,30-33H,4-10,12,14,18H2,1-3H3/t21-,22+,25-/m1/s1. The Morgan fingerprint density at radius 1 is 0.889 bits per heavy atom. The number of phenolic OH excluding ortho intramolecular Hbond substituents is 2. The third-order valence-corrected chi connectivity index (χ3v) is 7.26. The summed E-state index contributed by atoms with van der Waals surface area (Å²) in [6, 6.07) is 8.89. The number of hydrogen-bond acceptors (Lipinski definition) is 7. The number of aryl methyl sites for hydroxylation is 1. The number of methoxy groups -OCH3 is 2. The zero-order chi connectivity index (χ0) is 26.1. The van der Waals surface area contributed by atoms with E-state index in [9.17, 15) is 20.4 Å². The van der Waals surface area contributed by atoms with Gasteiger partial charge in [0.1, 0.15) is 0 Å². The average molecular weight is 503 g/mol. The maximum atomic E-state index is 10.9. The summed E-state index contributed by atoms with van der Waals surface area (Å²) in [7, 11) is 2.96. The van der Waals surface area contributed by atoms with Gasteiger partial charge in [-0.25, -0.2) is 0 Å². The molecule has 0 amide bonds. The second-order valence-electron chi connectivity index (χ2n) is 9.90. The van der Waals surface area contributed by atoms with Crippen molar-refractivity contribution in [2.24, 2.45) is 5.92 Å². The molecule has 0 radical (unpaired) electrons. The highest BCUT2D eigenvalue weighted by Gasteiger charge is 2.23. The van der Waals surface area contributed by atoms with Crippen LogP contribution in [0.4, 0.5) is 0 Å². The molecule has 36 heavy (non-hydrogen) atoms. The average Bonchev–Trinajstić information content (AvgIpc) is 2.88. The first-order chi connectivity index (χ1) is 17.3. The third-order valence-electron chi connectivity index (χ3n) is 7.26. The number of hydrogen-bond donors (Lipinski definition) is 4.